The summed E-state index contributed by atoms with van der Waals surface area (Å²) in [5, 5.41) is 11.7. The van der Waals surface area contributed by atoms with Crippen molar-refractivity contribution in [1.29, 1.82) is 0 Å². The van der Waals surface area contributed by atoms with E-state index in [0.29, 0.717) is 25.9 Å². The zero-order valence-corrected chi connectivity index (χ0v) is 9.52. The van der Waals surface area contributed by atoms with Crippen LogP contribution in [0.25, 0.3) is 0 Å². The molecule has 6 heteroatoms. The van der Waals surface area contributed by atoms with Crippen molar-refractivity contribution in [2.24, 2.45) is 11.8 Å². The van der Waals surface area contributed by atoms with Crippen molar-refractivity contribution in [3.63, 3.8) is 0 Å². The first kappa shape index (κ1) is 11.9. The molecule has 1 aliphatic carbocycles. The van der Waals surface area contributed by atoms with Gasteiger partial charge < -0.3 is 15.3 Å². The summed E-state index contributed by atoms with van der Waals surface area (Å²) in [7, 11) is 0. The third-order valence-corrected chi connectivity index (χ3v) is 3.50. The summed E-state index contributed by atoms with van der Waals surface area (Å²) in [6.45, 7) is 0.990. The van der Waals surface area contributed by atoms with Gasteiger partial charge in [-0.05, 0) is 12.8 Å². The van der Waals surface area contributed by atoms with Crippen LogP contribution in [0.15, 0.2) is 0 Å². The predicted octanol–water partition coefficient (Wildman–Crippen LogP) is -0.554. The smallest absolute Gasteiger partial charge is 0.307 e. The van der Waals surface area contributed by atoms with Crippen LogP contribution in [0.3, 0.4) is 0 Å². The Morgan fingerprint density at radius 3 is 2.65 bits per heavy atom. The van der Waals surface area contributed by atoms with Crippen molar-refractivity contribution in [3.8, 4) is 0 Å². The molecule has 0 aromatic rings. The quantitative estimate of drug-likeness (QED) is 0.677. The highest BCUT2D eigenvalue weighted by atomic mass is 16.4. The molecule has 1 aliphatic heterocycles. The van der Waals surface area contributed by atoms with Gasteiger partial charge in [0, 0.05) is 13.1 Å². The number of carbonyl (C=O) groups is 3. The Kier molecular flexibility index (Phi) is 3.31. The highest BCUT2D eigenvalue weighted by molar-refractivity contribution is 5.89. The number of amides is 2. The standard InChI is InChI=1S/C11H16N2O4/c14-9-6-13(5-4-12-9)10(15)7-2-1-3-8(7)11(16)17/h7-8H,1-6H2,(H,12,14)(H,16,17)/t7-,8+/m1/s1. The van der Waals surface area contributed by atoms with Gasteiger partial charge in [0.05, 0.1) is 18.4 Å². The van der Waals surface area contributed by atoms with Crippen LogP contribution in [0.4, 0.5) is 0 Å². The highest BCUT2D eigenvalue weighted by Gasteiger charge is 2.40. The Morgan fingerprint density at radius 2 is 2.00 bits per heavy atom. The number of hydrogen-bond donors (Lipinski definition) is 2. The molecule has 1 heterocycles. The summed E-state index contributed by atoms with van der Waals surface area (Å²) >= 11 is 0. The lowest BCUT2D eigenvalue weighted by atomic mass is 9.94. The van der Waals surface area contributed by atoms with Crippen molar-refractivity contribution < 1.29 is 19.5 Å². The lowest BCUT2D eigenvalue weighted by Gasteiger charge is -2.30. The fourth-order valence-electron chi connectivity index (χ4n) is 2.61. The lowest BCUT2D eigenvalue weighted by molar-refractivity contribution is -0.150. The second-order valence-corrected chi connectivity index (χ2v) is 4.59. The zero-order valence-electron chi connectivity index (χ0n) is 9.52. The van der Waals surface area contributed by atoms with E-state index in [-0.39, 0.29) is 18.4 Å². The largest absolute Gasteiger partial charge is 0.481 e. The van der Waals surface area contributed by atoms with E-state index in [4.69, 9.17) is 5.11 Å². The maximum absolute atomic E-state index is 12.1. The van der Waals surface area contributed by atoms with E-state index in [2.05, 4.69) is 5.32 Å². The number of piperazine rings is 1. The van der Waals surface area contributed by atoms with Gasteiger partial charge in [0.1, 0.15) is 0 Å². The summed E-state index contributed by atoms with van der Waals surface area (Å²) in [6, 6.07) is 0. The SMILES string of the molecule is O=C1CN(C(=O)[C@@H]2CCC[C@@H]2C(=O)O)CCN1. The van der Waals surface area contributed by atoms with Gasteiger partial charge in [-0.3, -0.25) is 14.4 Å². The minimum Gasteiger partial charge on any atom is -0.481 e. The molecule has 0 unspecified atom stereocenters. The van der Waals surface area contributed by atoms with Crippen LogP contribution in [0.5, 0.6) is 0 Å². The Morgan fingerprint density at radius 1 is 1.29 bits per heavy atom. The van der Waals surface area contributed by atoms with Gasteiger partial charge in [-0.2, -0.15) is 0 Å². The van der Waals surface area contributed by atoms with Crippen LogP contribution in [-0.4, -0.2) is 47.4 Å². The monoisotopic (exact) mass is 240 g/mol. The molecule has 0 spiro atoms. The number of hydrogen-bond acceptors (Lipinski definition) is 3. The van der Waals surface area contributed by atoms with Gasteiger partial charge in [-0.15, -0.1) is 0 Å². The number of nitrogens with one attached hydrogen (secondary N) is 1. The second-order valence-electron chi connectivity index (χ2n) is 4.59. The molecule has 0 aromatic carbocycles. The van der Waals surface area contributed by atoms with Gasteiger partial charge in [0.15, 0.2) is 0 Å². The number of nitrogens with zero attached hydrogens (tertiary/aromatic N) is 1. The van der Waals surface area contributed by atoms with Gasteiger partial charge in [0.25, 0.3) is 0 Å². The Balaban J connectivity index is 2.03. The number of carboxylic acid groups (broad SMARTS) is 1. The van der Waals surface area contributed by atoms with E-state index < -0.39 is 17.8 Å². The van der Waals surface area contributed by atoms with Gasteiger partial charge in [-0.1, -0.05) is 6.42 Å². The van der Waals surface area contributed by atoms with Crippen LogP contribution >= 0.6 is 0 Å². The lowest BCUT2D eigenvalue weighted by Crippen LogP contribution is -2.52. The van der Waals surface area contributed by atoms with E-state index in [9.17, 15) is 14.4 Å². The molecule has 2 rings (SSSR count). The Labute approximate surface area is 99.0 Å². The van der Waals surface area contributed by atoms with Crippen LogP contribution in [-0.2, 0) is 14.4 Å². The Hall–Kier alpha value is -1.59. The van der Waals surface area contributed by atoms with Gasteiger partial charge >= 0.3 is 5.97 Å². The molecule has 2 fully saturated rings. The molecule has 2 amide bonds. The summed E-state index contributed by atoms with van der Waals surface area (Å²) in [5.74, 6) is -2.27. The molecular formula is C11H16N2O4. The maximum atomic E-state index is 12.1. The molecule has 2 N–H and O–H groups in total. The van der Waals surface area contributed by atoms with Crippen molar-refractivity contribution >= 4 is 17.8 Å². The second kappa shape index (κ2) is 4.73. The average molecular weight is 240 g/mol. The molecule has 17 heavy (non-hydrogen) atoms. The third kappa shape index (κ3) is 2.40. The van der Waals surface area contributed by atoms with Crippen LogP contribution in [0.2, 0.25) is 0 Å². The minimum absolute atomic E-state index is 0.0572. The molecule has 0 aromatic heterocycles. The molecule has 0 bridgehead atoms. The average Bonchev–Trinajstić information content (AvgIpc) is 2.77. The zero-order chi connectivity index (χ0) is 12.4. The van der Waals surface area contributed by atoms with Crippen LogP contribution in [0, 0.1) is 11.8 Å². The molecule has 1 saturated heterocycles. The third-order valence-electron chi connectivity index (χ3n) is 3.50. The molecular weight excluding hydrogens is 224 g/mol. The molecule has 2 aliphatic rings. The summed E-state index contributed by atoms with van der Waals surface area (Å²) in [6.07, 6.45) is 1.95. The normalized spacial score (nSPS) is 28.9. The first-order valence-corrected chi connectivity index (χ1v) is 5.88. The Bertz CT molecular complexity index is 355. The molecule has 2 atom stereocenters. The van der Waals surface area contributed by atoms with Gasteiger partial charge in [0.2, 0.25) is 11.8 Å². The van der Waals surface area contributed by atoms with E-state index >= 15 is 0 Å². The molecule has 1 saturated carbocycles. The first-order chi connectivity index (χ1) is 8.09. The van der Waals surface area contributed by atoms with Gasteiger partial charge in [-0.25, -0.2) is 0 Å². The first-order valence-electron chi connectivity index (χ1n) is 5.88. The number of carboxylic acids is 1. The topological polar surface area (TPSA) is 86.7 Å². The number of aliphatic carboxylic acids is 1. The van der Waals surface area contributed by atoms with E-state index in [1.165, 1.54) is 4.90 Å². The highest BCUT2D eigenvalue weighted by Crippen LogP contribution is 2.33. The number of carbonyl (C=O) groups excluding carboxylic acids is 2. The fraction of sp³-hybridized carbons (Fsp3) is 0.727. The van der Waals surface area contributed by atoms with Crippen molar-refractivity contribution in [3.05, 3.63) is 0 Å². The van der Waals surface area contributed by atoms with Crippen molar-refractivity contribution in [2.75, 3.05) is 19.6 Å². The van der Waals surface area contributed by atoms with E-state index in [1.54, 1.807) is 0 Å². The van der Waals surface area contributed by atoms with Crippen molar-refractivity contribution in [1.82, 2.24) is 10.2 Å². The summed E-state index contributed by atoms with van der Waals surface area (Å²) in [4.78, 5) is 35.8. The molecule has 94 valence electrons. The minimum atomic E-state index is -0.901. The molecule has 6 nitrogen and oxygen atoms in total. The van der Waals surface area contributed by atoms with Crippen molar-refractivity contribution in [2.45, 2.75) is 19.3 Å². The molecule has 0 radical (unpaired) electrons. The fourth-order valence-corrected chi connectivity index (χ4v) is 2.61. The maximum Gasteiger partial charge on any atom is 0.307 e. The van der Waals surface area contributed by atoms with E-state index in [0.717, 1.165) is 6.42 Å². The summed E-state index contributed by atoms with van der Waals surface area (Å²) in [5.41, 5.74) is 0. The van der Waals surface area contributed by atoms with E-state index in [1.807, 2.05) is 0 Å². The van der Waals surface area contributed by atoms with Crippen LogP contribution in [0.1, 0.15) is 19.3 Å². The summed E-state index contributed by atoms with van der Waals surface area (Å²) < 4.78 is 0. The number of rotatable bonds is 2. The predicted molar refractivity (Wildman–Crippen MR) is 58.1 cm³/mol. The van der Waals surface area contributed by atoms with Crippen LogP contribution < -0.4 is 5.32 Å².